The van der Waals surface area contributed by atoms with Crippen molar-refractivity contribution in [3.8, 4) is 0 Å². The number of amides is 2. The maximum atomic E-state index is 12.2. The van der Waals surface area contributed by atoms with E-state index in [0.29, 0.717) is 25.8 Å². The number of carbonyl (C=O) groups excluding carboxylic acids is 2. The number of imidazole rings is 1. The number of rotatable bonds is 7. The number of aromatic nitrogens is 2. The number of benzene rings is 2. The Labute approximate surface area is 163 Å². The molecule has 3 N–H and O–H groups in total. The summed E-state index contributed by atoms with van der Waals surface area (Å²) in [6, 6.07) is 15.8. The molecule has 6 heteroatoms. The van der Waals surface area contributed by atoms with Crippen LogP contribution in [-0.4, -0.2) is 28.3 Å². The van der Waals surface area contributed by atoms with Crippen molar-refractivity contribution in [1.29, 1.82) is 0 Å². The largest absolute Gasteiger partial charge is 0.356 e. The number of hydrogen-bond donors (Lipinski definition) is 3. The normalized spacial score (nSPS) is 15.9. The second-order valence-corrected chi connectivity index (χ2v) is 7.24. The first-order valence-corrected chi connectivity index (χ1v) is 9.78. The maximum absolute atomic E-state index is 12.2. The molecule has 0 bridgehead atoms. The first-order chi connectivity index (χ1) is 13.7. The van der Waals surface area contributed by atoms with Crippen LogP contribution in [0.2, 0.25) is 0 Å². The number of hydrogen-bond acceptors (Lipinski definition) is 3. The molecule has 0 aliphatic carbocycles. The number of anilines is 1. The SMILES string of the molecule is O=C(CC[C@@H]1Cc2ccccc2NC1=O)NCCCc1nc2ccccc2[nH]1. The predicted molar refractivity (Wildman–Crippen MR) is 109 cm³/mol. The van der Waals surface area contributed by atoms with Gasteiger partial charge >= 0.3 is 0 Å². The molecular weight excluding hydrogens is 352 g/mol. The molecule has 1 aliphatic rings. The van der Waals surface area contributed by atoms with E-state index in [1.165, 1.54) is 0 Å². The quantitative estimate of drug-likeness (QED) is 0.554. The van der Waals surface area contributed by atoms with Gasteiger partial charge in [0.1, 0.15) is 5.82 Å². The number of carbonyl (C=O) groups is 2. The summed E-state index contributed by atoms with van der Waals surface area (Å²) in [5.41, 5.74) is 4.03. The monoisotopic (exact) mass is 376 g/mol. The van der Waals surface area contributed by atoms with E-state index in [4.69, 9.17) is 0 Å². The molecule has 0 unspecified atom stereocenters. The molecule has 1 aromatic heterocycles. The number of aryl methyl sites for hydroxylation is 1. The van der Waals surface area contributed by atoms with E-state index < -0.39 is 0 Å². The minimum atomic E-state index is -0.142. The number of aromatic amines is 1. The summed E-state index contributed by atoms with van der Waals surface area (Å²) in [6.07, 6.45) is 3.24. The summed E-state index contributed by atoms with van der Waals surface area (Å²) in [5.74, 6) is 0.803. The smallest absolute Gasteiger partial charge is 0.227 e. The van der Waals surface area contributed by atoms with Gasteiger partial charge in [-0.3, -0.25) is 9.59 Å². The van der Waals surface area contributed by atoms with Gasteiger partial charge in [0, 0.05) is 31.0 Å². The summed E-state index contributed by atoms with van der Waals surface area (Å²) in [6.45, 7) is 0.607. The van der Waals surface area contributed by atoms with Gasteiger partial charge in [-0.1, -0.05) is 30.3 Å². The van der Waals surface area contributed by atoms with Crippen molar-refractivity contribution in [3.63, 3.8) is 0 Å². The zero-order valence-corrected chi connectivity index (χ0v) is 15.7. The third kappa shape index (κ3) is 4.22. The van der Waals surface area contributed by atoms with Crippen LogP contribution >= 0.6 is 0 Å². The minimum absolute atomic E-state index is 0.00346. The summed E-state index contributed by atoms with van der Waals surface area (Å²) >= 11 is 0. The van der Waals surface area contributed by atoms with Crippen molar-refractivity contribution < 1.29 is 9.59 Å². The van der Waals surface area contributed by atoms with Crippen molar-refractivity contribution >= 4 is 28.5 Å². The van der Waals surface area contributed by atoms with Gasteiger partial charge in [0.25, 0.3) is 0 Å². The molecule has 28 heavy (non-hydrogen) atoms. The van der Waals surface area contributed by atoms with E-state index in [1.54, 1.807) is 0 Å². The van der Waals surface area contributed by atoms with Crippen LogP contribution in [0.15, 0.2) is 48.5 Å². The Bertz CT molecular complexity index is 962. The van der Waals surface area contributed by atoms with Crippen LogP contribution < -0.4 is 10.6 Å². The molecule has 2 amide bonds. The van der Waals surface area contributed by atoms with Crippen LogP contribution in [0.1, 0.15) is 30.7 Å². The van der Waals surface area contributed by atoms with E-state index >= 15 is 0 Å². The summed E-state index contributed by atoms with van der Waals surface area (Å²) in [5, 5.41) is 5.88. The zero-order valence-electron chi connectivity index (χ0n) is 15.7. The van der Waals surface area contributed by atoms with Crippen LogP contribution in [-0.2, 0) is 22.4 Å². The molecule has 4 rings (SSSR count). The van der Waals surface area contributed by atoms with Crippen molar-refractivity contribution in [2.75, 3.05) is 11.9 Å². The topological polar surface area (TPSA) is 86.9 Å². The van der Waals surface area contributed by atoms with Crippen LogP contribution in [0.4, 0.5) is 5.69 Å². The van der Waals surface area contributed by atoms with Crippen molar-refractivity contribution in [3.05, 3.63) is 59.9 Å². The minimum Gasteiger partial charge on any atom is -0.356 e. The van der Waals surface area contributed by atoms with E-state index in [2.05, 4.69) is 20.6 Å². The van der Waals surface area contributed by atoms with Gasteiger partial charge in [0.15, 0.2) is 0 Å². The van der Waals surface area contributed by atoms with Crippen LogP contribution in [0.3, 0.4) is 0 Å². The van der Waals surface area contributed by atoms with Crippen LogP contribution in [0, 0.1) is 5.92 Å². The zero-order chi connectivity index (χ0) is 19.3. The fourth-order valence-corrected chi connectivity index (χ4v) is 3.65. The Kier molecular flexibility index (Phi) is 5.37. The lowest BCUT2D eigenvalue weighted by Gasteiger charge is -2.24. The highest BCUT2D eigenvalue weighted by Gasteiger charge is 2.26. The van der Waals surface area contributed by atoms with Crippen LogP contribution in [0.25, 0.3) is 11.0 Å². The second kappa shape index (κ2) is 8.25. The Morgan fingerprint density at radius 3 is 2.86 bits per heavy atom. The maximum Gasteiger partial charge on any atom is 0.227 e. The Hall–Kier alpha value is -3.15. The highest BCUT2D eigenvalue weighted by Crippen LogP contribution is 2.27. The van der Waals surface area contributed by atoms with Crippen LogP contribution in [0.5, 0.6) is 0 Å². The first-order valence-electron chi connectivity index (χ1n) is 9.78. The lowest BCUT2D eigenvalue weighted by atomic mass is 9.89. The lowest BCUT2D eigenvalue weighted by Crippen LogP contribution is -2.32. The van der Waals surface area contributed by atoms with Gasteiger partial charge in [-0.25, -0.2) is 4.98 Å². The van der Waals surface area contributed by atoms with Gasteiger partial charge in [0.2, 0.25) is 11.8 Å². The van der Waals surface area contributed by atoms with E-state index in [-0.39, 0.29) is 17.7 Å². The summed E-state index contributed by atoms with van der Waals surface area (Å²) < 4.78 is 0. The molecule has 0 spiro atoms. The Balaban J connectivity index is 1.18. The molecule has 144 valence electrons. The Morgan fingerprint density at radius 1 is 1.14 bits per heavy atom. The number of nitrogens with zero attached hydrogens (tertiary/aromatic N) is 1. The van der Waals surface area contributed by atoms with Gasteiger partial charge < -0.3 is 15.6 Å². The van der Waals surface area contributed by atoms with Crippen molar-refractivity contribution in [2.24, 2.45) is 5.92 Å². The molecular formula is C22H24N4O2. The average molecular weight is 376 g/mol. The molecule has 2 heterocycles. The summed E-state index contributed by atoms with van der Waals surface area (Å²) in [4.78, 5) is 32.2. The highest BCUT2D eigenvalue weighted by atomic mass is 16.2. The van der Waals surface area contributed by atoms with E-state index in [0.717, 1.165) is 41.0 Å². The molecule has 1 aliphatic heterocycles. The third-order valence-electron chi connectivity index (χ3n) is 5.18. The second-order valence-electron chi connectivity index (χ2n) is 7.24. The molecule has 3 aromatic rings. The van der Waals surface area contributed by atoms with Gasteiger partial charge in [0.05, 0.1) is 11.0 Å². The number of fused-ring (bicyclic) bond motifs is 2. The fourth-order valence-electron chi connectivity index (χ4n) is 3.65. The molecule has 1 atom stereocenters. The molecule has 2 aromatic carbocycles. The van der Waals surface area contributed by atoms with Crippen molar-refractivity contribution in [2.45, 2.75) is 32.1 Å². The molecule has 0 radical (unpaired) electrons. The molecule has 0 saturated heterocycles. The van der Waals surface area contributed by atoms with Gasteiger partial charge in [-0.05, 0) is 43.0 Å². The molecule has 6 nitrogen and oxygen atoms in total. The summed E-state index contributed by atoms with van der Waals surface area (Å²) in [7, 11) is 0. The van der Waals surface area contributed by atoms with E-state index in [1.807, 2.05) is 48.5 Å². The average Bonchev–Trinajstić information content (AvgIpc) is 3.12. The number of H-pyrrole nitrogens is 1. The predicted octanol–water partition coefficient (Wildman–Crippen LogP) is 3.20. The number of para-hydroxylation sites is 3. The van der Waals surface area contributed by atoms with Gasteiger partial charge in [-0.15, -0.1) is 0 Å². The molecule has 0 fully saturated rings. The van der Waals surface area contributed by atoms with Crippen molar-refractivity contribution in [1.82, 2.24) is 15.3 Å². The third-order valence-corrected chi connectivity index (χ3v) is 5.18. The standard InChI is InChI=1S/C22H24N4O2/c27-21(12-11-16-14-15-6-1-2-7-17(15)26-22(16)28)23-13-5-10-20-24-18-8-3-4-9-19(18)25-20/h1-4,6-9,16H,5,10-14H2,(H,23,27)(H,24,25)(H,26,28)/t16-/m1/s1. The number of nitrogens with one attached hydrogen (secondary N) is 3. The first kappa shape index (κ1) is 18.2. The Morgan fingerprint density at radius 2 is 1.96 bits per heavy atom. The van der Waals surface area contributed by atoms with Gasteiger partial charge in [-0.2, -0.15) is 0 Å². The van der Waals surface area contributed by atoms with E-state index in [9.17, 15) is 9.59 Å². The molecule has 0 saturated carbocycles. The highest BCUT2D eigenvalue weighted by molar-refractivity contribution is 5.96. The fraction of sp³-hybridized carbons (Fsp3) is 0.318. The lowest BCUT2D eigenvalue weighted by molar-refractivity contribution is -0.122.